The molecule has 2 heterocycles. The fourth-order valence-electron chi connectivity index (χ4n) is 3.01. The van der Waals surface area contributed by atoms with E-state index in [0.717, 1.165) is 6.42 Å². The standard InChI is InChI=1S/C15H22N2/c1-2-13-3-5-14(6-4-13)17-9-7-15(8-10-17)11-16-12-15/h3-6,16H,2,7-12H2,1H3. The Morgan fingerprint density at radius 2 is 1.76 bits per heavy atom. The third-order valence-electron chi connectivity index (χ3n) is 4.53. The SMILES string of the molecule is CCc1ccc(N2CCC3(CC2)CNC3)cc1. The molecular weight excluding hydrogens is 208 g/mol. The lowest BCUT2D eigenvalue weighted by molar-refractivity contribution is 0.126. The first-order valence-corrected chi connectivity index (χ1v) is 6.86. The van der Waals surface area contributed by atoms with E-state index in [1.165, 1.54) is 50.3 Å². The van der Waals surface area contributed by atoms with E-state index < -0.39 is 0 Å². The molecule has 1 aromatic carbocycles. The van der Waals surface area contributed by atoms with Crippen molar-refractivity contribution in [3.63, 3.8) is 0 Å². The Kier molecular flexibility index (Phi) is 2.83. The minimum Gasteiger partial charge on any atom is -0.371 e. The van der Waals surface area contributed by atoms with Gasteiger partial charge in [-0.2, -0.15) is 0 Å². The molecule has 1 aromatic rings. The highest BCUT2D eigenvalue weighted by atomic mass is 15.1. The number of rotatable bonds is 2. The van der Waals surface area contributed by atoms with Crippen molar-refractivity contribution in [2.24, 2.45) is 5.41 Å². The van der Waals surface area contributed by atoms with Crippen molar-refractivity contribution in [1.82, 2.24) is 5.32 Å². The smallest absolute Gasteiger partial charge is 0.0366 e. The van der Waals surface area contributed by atoms with Crippen LogP contribution in [-0.2, 0) is 6.42 Å². The lowest BCUT2D eigenvalue weighted by Crippen LogP contribution is -2.58. The molecule has 0 atom stereocenters. The van der Waals surface area contributed by atoms with Crippen molar-refractivity contribution in [2.75, 3.05) is 31.1 Å². The largest absolute Gasteiger partial charge is 0.371 e. The Morgan fingerprint density at radius 1 is 1.12 bits per heavy atom. The second-order valence-corrected chi connectivity index (χ2v) is 5.61. The summed E-state index contributed by atoms with van der Waals surface area (Å²) in [5, 5.41) is 3.42. The van der Waals surface area contributed by atoms with E-state index in [4.69, 9.17) is 0 Å². The highest BCUT2D eigenvalue weighted by Crippen LogP contribution is 2.36. The van der Waals surface area contributed by atoms with Crippen LogP contribution < -0.4 is 10.2 Å². The Morgan fingerprint density at radius 3 is 2.24 bits per heavy atom. The van der Waals surface area contributed by atoms with Crippen LogP contribution >= 0.6 is 0 Å². The van der Waals surface area contributed by atoms with E-state index in [0.29, 0.717) is 5.41 Å². The minimum atomic E-state index is 0.653. The molecule has 0 amide bonds. The molecule has 2 aliphatic heterocycles. The van der Waals surface area contributed by atoms with Gasteiger partial charge in [0.15, 0.2) is 0 Å². The van der Waals surface area contributed by atoms with E-state index in [9.17, 15) is 0 Å². The molecule has 0 aromatic heterocycles. The average molecular weight is 230 g/mol. The van der Waals surface area contributed by atoms with Crippen molar-refractivity contribution in [2.45, 2.75) is 26.2 Å². The molecule has 0 aliphatic carbocycles. The van der Waals surface area contributed by atoms with E-state index >= 15 is 0 Å². The summed E-state index contributed by atoms with van der Waals surface area (Å²) < 4.78 is 0. The van der Waals surface area contributed by atoms with Crippen LogP contribution in [-0.4, -0.2) is 26.2 Å². The van der Waals surface area contributed by atoms with Gasteiger partial charge in [0.05, 0.1) is 0 Å². The molecule has 1 spiro atoms. The maximum Gasteiger partial charge on any atom is 0.0366 e. The van der Waals surface area contributed by atoms with Gasteiger partial charge in [0.2, 0.25) is 0 Å². The lowest BCUT2D eigenvalue weighted by atomic mass is 9.73. The van der Waals surface area contributed by atoms with Crippen molar-refractivity contribution in [3.05, 3.63) is 29.8 Å². The number of aryl methyl sites for hydroxylation is 1. The van der Waals surface area contributed by atoms with Crippen molar-refractivity contribution in [3.8, 4) is 0 Å². The molecule has 3 rings (SSSR count). The number of benzene rings is 1. The number of hydrogen-bond acceptors (Lipinski definition) is 2. The highest BCUT2D eigenvalue weighted by Gasteiger charge is 2.39. The van der Waals surface area contributed by atoms with Gasteiger partial charge in [-0.05, 0) is 42.4 Å². The zero-order valence-corrected chi connectivity index (χ0v) is 10.7. The first-order chi connectivity index (χ1) is 8.31. The zero-order valence-electron chi connectivity index (χ0n) is 10.7. The van der Waals surface area contributed by atoms with Gasteiger partial charge in [0.25, 0.3) is 0 Å². The van der Waals surface area contributed by atoms with Crippen LogP contribution in [0.15, 0.2) is 24.3 Å². The van der Waals surface area contributed by atoms with Gasteiger partial charge in [-0.1, -0.05) is 19.1 Å². The van der Waals surface area contributed by atoms with Crippen LogP contribution in [0.4, 0.5) is 5.69 Å². The predicted octanol–water partition coefficient (Wildman–Crippen LogP) is 2.44. The van der Waals surface area contributed by atoms with E-state index in [1.54, 1.807) is 0 Å². The quantitative estimate of drug-likeness (QED) is 0.839. The van der Waals surface area contributed by atoms with Crippen LogP contribution in [0.1, 0.15) is 25.3 Å². The fourth-order valence-corrected chi connectivity index (χ4v) is 3.01. The first kappa shape index (κ1) is 11.1. The predicted molar refractivity (Wildman–Crippen MR) is 72.6 cm³/mol. The maximum absolute atomic E-state index is 3.42. The number of nitrogens with one attached hydrogen (secondary N) is 1. The Balaban J connectivity index is 1.65. The Hall–Kier alpha value is -1.02. The normalized spacial score (nSPS) is 22.5. The molecule has 2 aliphatic rings. The summed E-state index contributed by atoms with van der Waals surface area (Å²) in [5.41, 5.74) is 3.50. The summed E-state index contributed by atoms with van der Waals surface area (Å²) in [6.45, 7) is 7.16. The monoisotopic (exact) mass is 230 g/mol. The summed E-state index contributed by atoms with van der Waals surface area (Å²) >= 11 is 0. The van der Waals surface area contributed by atoms with Gasteiger partial charge in [0, 0.05) is 31.9 Å². The third kappa shape index (κ3) is 2.06. The second-order valence-electron chi connectivity index (χ2n) is 5.61. The van der Waals surface area contributed by atoms with Gasteiger partial charge in [-0.25, -0.2) is 0 Å². The summed E-state index contributed by atoms with van der Waals surface area (Å²) in [6.07, 6.45) is 3.85. The van der Waals surface area contributed by atoms with Gasteiger partial charge in [-0.15, -0.1) is 0 Å². The summed E-state index contributed by atoms with van der Waals surface area (Å²) in [5.74, 6) is 0. The molecule has 17 heavy (non-hydrogen) atoms. The molecule has 2 heteroatoms. The van der Waals surface area contributed by atoms with Crippen molar-refractivity contribution >= 4 is 5.69 Å². The van der Waals surface area contributed by atoms with Crippen molar-refractivity contribution in [1.29, 1.82) is 0 Å². The zero-order chi connectivity index (χ0) is 11.7. The van der Waals surface area contributed by atoms with Crippen LogP contribution in [0.3, 0.4) is 0 Å². The van der Waals surface area contributed by atoms with Crippen LogP contribution in [0, 0.1) is 5.41 Å². The molecule has 2 fully saturated rings. The second kappa shape index (κ2) is 4.34. The number of anilines is 1. The van der Waals surface area contributed by atoms with E-state index in [2.05, 4.69) is 41.4 Å². The number of hydrogen-bond donors (Lipinski definition) is 1. The lowest BCUT2D eigenvalue weighted by Gasteiger charge is -2.49. The van der Waals surface area contributed by atoms with E-state index in [1.807, 2.05) is 0 Å². The number of piperidine rings is 1. The third-order valence-corrected chi connectivity index (χ3v) is 4.53. The topological polar surface area (TPSA) is 15.3 Å². The molecule has 2 nitrogen and oxygen atoms in total. The highest BCUT2D eigenvalue weighted by molar-refractivity contribution is 5.48. The summed E-state index contributed by atoms with van der Waals surface area (Å²) in [6, 6.07) is 9.11. The van der Waals surface area contributed by atoms with E-state index in [-0.39, 0.29) is 0 Å². The molecule has 0 saturated carbocycles. The van der Waals surface area contributed by atoms with Gasteiger partial charge < -0.3 is 10.2 Å². The molecule has 0 unspecified atom stereocenters. The minimum absolute atomic E-state index is 0.653. The number of nitrogens with zero attached hydrogens (tertiary/aromatic N) is 1. The molecule has 92 valence electrons. The molecule has 1 N–H and O–H groups in total. The molecule has 2 saturated heterocycles. The summed E-state index contributed by atoms with van der Waals surface area (Å²) in [4.78, 5) is 2.54. The van der Waals surface area contributed by atoms with Crippen molar-refractivity contribution < 1.29 is 0 Å². The molecule has 0 bridgehead atoms. The van der Waals surface area contributed by atoms with Gasteiger partial charge in [0.1, 0.15) is 0 Å². The van der Waals surface area contributed by atoms with Gasteiger partial charge >= 0.3 is 0 Å². The van der Waals surface area contributed by atoms with Gasteiger partial charge in [-0.3, -0.25) is 0 Å². The average Bonchev–Trinajstić information content (AvgIpc) is 2.37. The van der Waals surface area contributed by atoms with Crippen LogP contribution in [0.2, 0.25) is 0 Å². The van der Waals surface area contributed by atoms with Crippen LogP contribution in [0.5, 0.6) is 0 Å². The first-order valence-electron chi connectivity index (χ1n) is 6.86. The fraction of sp³-hybridized carbons (Fsp3) is 0.600. The molecular formula is C15H22N2. The Bertz CT molecular complexity index is 368. The van der Waals surface area contributed by atoms with Crippen LogP contribution in [0.25, 0.3) is 0 Å². The summed E-state index contributed by atoms with van der Waals surface area (Å²) in [7, 11) is 0. The molecule has 0 radical (unpaired) electrons. The maximum atomic E-state index is 3.42. The Labute approximate surface area is 104 Å².